The molecule has 0 unspecified atom stereocenters. The molecular formula is C17H21F2N3O3. The van der Waals surface area contributed by atoms with E-state index in [9.17, 15) is 18.4 Å². The van der Waals surface area contributed by atoms with Gasteiger partial charge in [0.05, 0.1) is 0 Å². The summed E-state index contributed by atoms with van der Waals surface area (Å²) in [5.41, 5.74) is 0.348. The van der Waals surface area contributed by atoms with Crippen LogP contribution in [0.2, 0.25) is 0 Å². The number of hydrogen-bond acceptors (Lipinski definition) is 4. The lowest BCUT2D eigenvalue weighted by atomic mass is 10.2. The number of ether oxygens (including phenoxy) is 1. The van der Waals surface area contributed by atoms with Gasteiger partial charge in [0.1, 0.15) is 0 Å². The molecule has 1 aliphatic carbocycles. The summed E-state index contributed by atoms with van der Waals surface area (Å²) in [7, 11) is 0. The van der Waals surface area contributed by atoms with Gasteiger partial charge in [0.2, 0.25) is 11.8 Å². The van der Waals surface area contributed by atoms with E-state index in [1.54, 1.807) is 4.90 Å². The normalized spacial score (nSPS) is 18.2. The van der Waals surface area contributed by atoms with E-state index in [2.05, 4.69) is 4.98 Å². The molecule has 3 rings (SSSR count). The number of amides is 2. The van der Waals surface area contributed by atoms with Crippen molar-refractivity contribution in [2.45, 2.75) is 25.7 Å². The predicted octanol–water partition coefficient (Wildman–Crippen LogP) is 1.81. The number of rotatable bonds is 5. The smallest absolute Gasteiger partial charge is 0.272 e. The Hall–Kier alpha value is -2.25. The summed E-state index contributed by atoms with van der Waals surface area (Å²) in [6, 6.07) is 2.91. The van der Waals surface area contributed by atoms with Gasteiger partial charge in [-0.05, 0) is 25.3 Å². The van der Waals surface area contributed by atoms with Crippen LogP contribution in [0.15, 0.2) is 18.3 Å². The Morgan fingerprint density at radius 2 is 1.92 bits per heavy atom. The first-order chi connectivity index (χ1) is 12.0. The van der Waals surface area contributed by atoms with Crippen molar-refractivity contribution < 1.29 is 23.1 Å². The molecule has 1 saturated carbocycles. The standard InChI is InChI=1S/C17H21F2N3O3/c18-14(19)11-25-15-10-13(4-5-20-15)17(24)22-7-1-6-21(8-9-22)16(23)12-2-3-12/h4-5,10,12,14H,1-3,6-9,11H2. The number of pyridine rings is 1. The van der Waals surface area contributed by atoms with Gasteiger partial charge in [-0.15, -0.1) is 0 Å². The molecule has 25 heavy (non-hydrogen) atoms. The second kappa shape index (κ2) is 7.76. The molecule has 8 heteroatoms. The lowest BCUT2D eigenvalue weighted by Gasteiger charge is -2.22. The Balaban J connectivity index is 1.60. The molecular weight excluding hydrogens is 332 g/mol. The summed E-state index contributed by atoms with van der Waals surface area (Å²) in [5, 5.41) is 0. The average Bonchev–Trinajstić information content (AvgIpc) is 3.45. The van der Waals surface area contributed by atoms with Gasteiger partial charge in [-0.25, -0.2) is 13.8 Å². The summed E-state index contributed by atoms with van der Waals surface area (Å²) in [5.74, 6) is 0.175. The zero-order valence-electron chi connectivity index (χ0n) is 13.9. The molecule has 2 fully saturated rings. The molecule has 1 aromatic rings. The van der Waals surface area contributed by atoms with Gasteiger partial charge in [-0.2, -0.15) is 0 Å². The van der Waals surface area contributed by atoms with E-state index in [1.165, 1.54) is 18.3 Å². The van der Waals surface area contributed by atoms with Gasteiger partial charge < -0.3 is 14.5 Å². The van der Waals surface area contributed by atoms with Crippen LogP contribution in [0, 0.1) is 5.92 Å². The maximum absolute atomic E-state index is 12.7. The third-order valence-corrected chi connectivity index (χ3v) is 4.36. The van der Waals surface area contributed by atoms with Crippen LogP contribution in [0.3, 0.4) is 0 Å². The van der Waals surface area contributed by atoms with Gasteiger partial charge >= 0.3 is 0 Å². The van der Waals surface area contributed by atoms with E-state index in [-0.39, 0.29) is 23.6 Å². The van der Waals surface area contributed by atoms with E-state index in [4.69, 9.17) is 4.74 Å². The molecule has 1 aliphatic heterocycles. The van der Waals surface area contributed by atoms with Crippen molar-refractivity contribution in [1.82, 2.24) is 14.8 Å². The number of carbonyl (C=O) groups is 2. The van der Waals surface area contributed by atoms with E-state index in [0.717, 1.165) is 19.3 Å². The lowest BCUT2D eigenvalue weighted by molar-refractivity contribution is -0.132. The van der Waals surface area contributed by atoms with Crippen LogP contribution in [0.25, 0.3) is 0 Å². The van der Waals surface area contributed by atoms with Crippen LogP contribution in [0.1, 0.15) is 29.6 Å². The minimum atomic E-state index is -2.60. The highest BCUT2D eigenvalue weighted by Gasteiger charge is 2.34. The third kappa shape index (κ3) is 4.64. The largest absolute Gasteiger partial charge is 0.472 e. The first-order valence-corrected chi connectivity index (χ1v) is 8.49. The van der Waals surface area contributed by atoms with Gasteiger partial charge in [0.25, 0.3) is 12.3 Å². The van der Waals surface area contributed by atoms with Crippen LogP contribution < -0.4 is 4.74 Å². The number of hydrogen-bond donors (Lipinski definition) is 0. The quantitative estimate of drug-likeness (QED) is 0.810. The zero-order chi connectivity index (χ0) is 17.8. The highest BCUT2D eigenvalue weighted by atomic mass is 19.3. The first-order valence-electron chi connectivity index (χ1n) is 8.49. The molecule has 0 bridgehead atoms. The molecule has 0 aromatic carbocycles. The summed E-state index contributed by atoms with van der Waals surface area (Å²) < 4.78 is 29.3. The molecule has 0 atom stereocenters. The molecule has 2 heterocycles. The summed E-state index contributed by atoms with van der Waals surface area (Å²) in [4.78, 5) is 32.2. The fraction of sp³-hybridized carbons (Fsp3) is 0.588. The highest BCUT2D eigenvalue weighted by Crippen LogP contribution is 2.31. The highest BCUT2D eigenvalue weighted by molar-refractivity contribution is 5.94. The summed E-state index contributed by atoms with van der Waals surface area (Å²) in [6.45, 7) is 1.46. The first kappa shape index (κ1) is 17.6. The Morgan fingerprint density at radius 3 is 2.64 bits per heavy atom. The molecule has 0 spiro atoms. The molecule has 1 saturated heterocycles. The summed E-state index contributed by atoms with van der Waals surface area (Å²) >= 11 is 0. The fourth-order valence-corrected chi connectivity index (χ4v) is 2.88. The number of halogens is 2. The van der Waals surface area contributed by atoms with Crippen LogP contribution in [0.5, 0.6) is 5.88 Å². The van der Waals surface area contributed by atoms with E-state index >= 15 is 0 Å². The van der Waals surface area contributed by atoms with E-state index < -0.39 is 13.0 Å². The maximum atomic E-state index is 12.7. The number of carbonyl (C=O) groups excluding carboxylic acids is 2. The lowest BCUT2D eigenvalue weighted by Crippen LogP contribution is -2.38. The van der Waals surface area contributed by atoms with Crippen LogP contribution in [0.4, 0.5) is 8.78 Å². The van der Waals surface area contributed by atoms with E-state index in [0.29, 0.717) is 31.7 Å². The van der Waals surface area contributed by atoms with Crippen molar-refractivity contribution in [1.29, 1.82) is 0 Å². The van der Waals surface area contributed by atoms with Crippen molar-refractivity contribution in [2.75, 3.05) is 32.8 Å². The van der Waals surface area contributed by atoms with Gasteiger partial charge in [0.15, 0.2) is 6.61 Å². The van der Waals surface area contributed by atoms with Crippen LogP contribution >= 0.6 is 0 Å². The predicted molar refractivity (Wildman–Crippen MR) is 85.6 cm³/mol. The Morgan fingerprint density at radius 1 is 1.20 bits per heavy atom. The van der Waals surface area contributed by atoms with Crippen molar-refractivity contribution in [3.8, 4) is 5.88 Å². The Bertz CT molecular complexity index is 637. The molecule has 0 N–H and O–H groups in total. The third-order valence-electron chi connectivity index (χ3n) is 4.36. The minimum Gasteiger partial charge on any atom is -0.472 e. The number of nitrogens with zero attached hydrogens (tertiary/aromatic N) is 3. The number of aromatic nitrogens is 1. The molecule has 2 amide bonds. The van der Waals surface area contributed by atoms with Crippen molar-refractivity contribution >= 4 is 11.8 Å². The number of alkyl halides is 2. The van der Waals surface area contributed by atoms with Gasteiger partial charge in [0, 0.05) is 49.9 Å². The fourth-order valence-electron chi connectivity index (χ4n) is 2.88. The SMILES string of the molecule is O=C(c1ccnc(OCC(F)F)c1)N1CCCN(C(=O)C2CC2)CC1. The molecule has 6 nitrogen and oxygen atoms in total. The molecule has 0 radical (unpaired) electrons. The van der Waals surface area contributed by atoms with Crippen LogP contribution in [-0.4, -0.2) is 65.8 Å². The minimum absolute atomic E-state index is 0.00603. The second-order valence-corrected chi connectivity index (χ2v) is 6.33. The summed E-state index contributed by atoms with van der Waals surface area (Å²) in [6.07, 6.45) is 1.44. The second-order valence-electron chi connectivity index (χ2n) is 6.33. The topological polar surface area (TPSA) is 62.7 Å². The van der Waals surface area contributed by atoms with Crippen LogP contribution in [-0.2, 0) is 4.79 Å². The maximum Gasteiger partial charge on any atom is 0.272 e. The molecule has 2 aliphatic rings. The van der Waals surface area contributed by atoms with Gasteiger partial charge in [-0.1, -0.05) is 0 Å². The molecule has 136 valence electrons. The average molecular weight is 353 g/mol. The van der Waals surface area contributed by atoms with Gasteiger partial charge in [-0.3, -0.25) is 9.59 Å². The van der Waals surface area contributed by atoms with E-state index in [1.807, 2.05) is 4.90 Å². The molecule has 1 aromatic heterocycles. The monoisotopic (exact) mass is 353 g/mol. The van der Waals surface area contributed by atoms with Crippen molar-refractivity contribution in [2.24, 2.45) is 5.92 Å². The van der Waals surface area contributed by atoms with Crippen molar-refractivity contribution in [3.05, 3.63) is 23.9 Å². The van der Waals surface area contributed by atoms with Crippen molar-refractivity contribution in [3.63, 3.8) is 0 Å². The zero-order valence-corrected chi connectivity index (χ0v) is 13.9. The Kier molecular flexibility index (Phi) is 5.45. The Labute approximate surface area is 144 Å².